The number of benzene rings is 1. The SMILES string of the molecule is CCC(Br)CCNC(=O)c1ccccc1. The fourth-order valence-corrected chi connectivity index (χ4v) is 1.47. The van der Waals surface area contributed by atoms with Gasteiger partial charge >= 0.3 is 0 Å². The molecule has 1 N–H and O–H groups in total. The van der Waals surface area contributed by atoms with Crippen LogP contribution in [0.25, 0.3) is 0 Å². The molecule has 1 amide bonds. The van der Waals surface area contributed by atoms with Crippen molar-refractivity contribution in [2.45, 2.75) is 24.6 Å². The minimum Gasteiger partial charge on any atom is -0.352 e. The van der Waals surface area contributed by atoms with Gasteiger partial charge in [-0.25, -0.2) is 0 Å². The minimum atomic E-state index is 0.00593. The fraction of sp³-hybridized carbons (Fsp3) is 0.417. The quantitative estimate of drug-likeness (QED) is 0.819. The average molecular weight is 270 g/mol. The van der Waals surface area contributed by atoms with Crippen molar-refractivity contribution in [1.82, 2.24) is 5.32 Å². The number of carbonyl (C=O) groups is 1. The van der Waals surface area contributed by atoms with Crippen LogP contribution in [0, 0.1) is 0 Å². The number of rotatable bonds is 5. The summed E-state index contributed by atoms with van der Waals surface area (Å²) in [4.78, 5) is 12.1. The van der Waals surface area contributed by atoms with Crippen molar-refractivity contribution < 1.29 is 4.79 Å². The van der Waals surface area contributed by atoms with Crippen LogP contribution in [0.3, 0.4) is 0 Å². The molecule has 0 aliphatic carbocycles. The highest BCUT2D eigenvalue weighted by molar-refractivity contribution is 9.09. The summed E-state index contributed by atoms with van der Waals surface area (Å²) in [5, 5.41) is 2.90. The Bertz CT molecular complexity index is 300. The van der Waals surface area contributed by atoms with E-state index >= 15 is 0 Å². The first-order valence-electron chi connectivity index (χ1n) is 5.21. The number of halogens is 1. The van der Waals surface area contributed by atoms with Crippen LogP contribution in [0.4, 0.5) is 0 Å². The molecular weight excluding hydrogens is 254 g/mol. The zero-order valence-corrected chi connectivity index (χ0v) is 10.5. The van der Waals surface area contributed by atoms with Crippen LogP contribution in [0.5, 0.6) is 0 Å². The molecule has 0 saturated heterocycles. The van der Waals surface area contributed by atoms with Crippen molar-refractivity contribution in [3.8, 4) is 0 Å². The Kier molecular flexibility index (Phi) is 5.40. The maximum Gasteiger partial charge on any atom is 0.251 e. The molecular formula is C12H16BrNO. The predicted molar refractivity (Wildman–Crippen MR) is 66.4 cm³/mol. The fourth-order valence-electron chi connectivity index (χ4n) is 1.24. The number of hydrogen-bond acceptors (Lipinski definition) is 1. The van der Waals surface area contributed by atoms with Crippen molar-refractivity contribution in [3.05, 3.63) is 35.9 Å². The van der Waals surface area contributed by atoms with E-state index in [9.17, 15) is 4.79 Å². The summed E-state index contributed by atoms with van der Waals surface area (Å²) in [7, 11) is 0. The number of hydrogen-bond donors (Lipinski definition) is 1. The summed E-state index contributed by atoms with van der Waals surface area (Å²) in [6, 6.07) is 9.28. The molecule has 15 heavy (non-hydrogen) atoms. The van der Waals surface area contributed by atoms with Crippen molar-refractivity contribution >= 4 is 21.8 Å². The summed E-state index contributed by atoms with van der Waals surface area (Å²) >= 11 is 3.53. The van der Waals surface area contributed by atoms with Gasteiger partial charge in [-0.1, -0.05) is 41.1 Å². The average Bonchev–Trinajstić information content (AvgIpc) is 2.29. The summed E-state index contributed by atoms with van der Waals surface area (Å²) in [5.41, 5.74) is 0.722. The molecule has 1 rings (SSSR count). The third-order valence-electron chi connectivity index (χ3n) is 2.22. The smallest absolute Gasteiger partial charge is 0.251 e. The minimum absolute atomic E-state index is 0.00593. The summed E-state index contributed by atoms with van der Waals surface area (Å²) in [6.07, 6.45) is 2.05. The second-order valence-electron chi connectivity index (χ2n) is 3.42. The highest BCUT2D eigenvalue weighted by Gasteiger charge is 2.05. The van der Waals surface area contributed by atoms with Crippen molar-refractivity contribution in [2.75, 3.05) is 6.54 Å². The van der Waals surface area contributed by atoms with Gasteiger partial charge in [-0.15, -0.1) is 0 Å². The van der Waals surface area contributed by atoms with Crippen molar-refractivity contribution in [1.29, 1.82) is 0 Å². The van der Waals surface area contributed by atoms with E-state index < -0.39 is 0 Å². The lowest BCUT2D eigenvalue weighted by Gasteiger charge is -2.08. The third kappa shape index (κ3) is 4.47. The van der Waals surface area contributed by atoms with Crippen LogP contribution in [-0.2, 0) is 0 Å². The highest BCUT2D eigenvalue weighted by atomic mass is 79.9. The molecule has 1 aromatic rings. The molecule has 0 radical (unpaired) electrons. The Labute approximate surface area is 99.2 Å². The molecule has 0 spiro atoms. The zero-order valence-electron chi connectivity index (χ0n) is 8.87. The van der Waals surface area contributed by atoms with Gasteiger partial charge in [-0.2, -0.15) is 0 Å². The number of carbonyl (C=O) groups excluding carboxylic acids is 1. The molecule has 1 aromatic carbocycles. The van der Waals surface area contributed by atoms with E-state index in [1.807, 2.05) is 30.3 Å². The van der Waals surface area contributed by atoms with Crippen LogP contribution in [-0.4, -0.2) is 17.3 Å². The Morgan fingerprint density at radius 1 is 1.40 bits per heavy atom. The molecule has 82 valence electrons. The second kappa shape index (κ2) is 6.62. The summed E-state index contributed by atoms with van der Waals surface area (Å²) < 4.78 is 0. The number of alkyl halides is 1. The van der Waals surface area contributed by atoms with Gasteiger partial charge in [0.2, 0.25) is 0 Å². The van der Waals surface area contributed by atoms with E-state index in [4.69, 9.17) is 0 Å². The van der Waals surface area contributed by atoms with Crippen LogP contribution in [0.1, 0.15) is 30.1 Å². The van der Waals surface area contributed by atoms with Crippen LogP contribution < -0.4 is 5.32 Å². The van der Waals surface area contributed by atoms with Gasteiger partial charge in [0.15, 0.2) is 0 Å². The lowest BCUT2D eigenvalue weighted by atomic mass is 10.2. The molecule has 0 aliphatic rings. The molecule has 0 saturated carbocycles. The predicted octanol–water partition coefficient (Wildman–Crippen LogP) is 2.98. The number of amides is 1. The number of nitrogens with one attached hydrogen (secondary N) is 1. The van der Waals surface area contributed by atoms with E-state index in [1.165, 1.54) is 0 Å². The van der Waals surface area contributed by atoms with E-state index in [0.29, 0.717) is 4.83 Å². The Balaban J connectivity index is 2.31. The molecule has 0 aliphatic heterocycles. The van der Waals surface area contributed by atoms with E-state index in [0.717, 1.165) is 24.9 Å². The van der Waals surface area contributed by atoms with Gasteiger partial charge in [-0.05, 0) is 25.0 Å². The third-order valence-corrected chi connectivity index (χ3v) is 3.33. The first-order chi connectivity index (χ1) is 7.24. The van der Waals surface area contributed by atoms with Crippen LogP contribution in [0.15, 0.2) is 30.3 Å². The molecule has 3 heteroatoms. The topological polar surface area (TPSA) is 29.1 Å². The Hall–Kier alpha value is -0.830. The molecule has 1 atom stereocenters. The monoisotopic (exact) mass is 269 g/mol. The molecule has 1 unspecified atom stereocenters. The summed E-state index contributed by atoms with van der Waals surface area (Å²) in [6.45, 7) is 2.84. The van der Waals surface area contributed by atoms with Gasteiger partial charge in [0.1, 0.15) is 0 Å². The van der Waals surface area contributed by atoms with Gasteiger partial charge < -0.3 is 5.32 Å². The first kappa shape index (κ1) is 12.2. The van der Waals surface area contributed by atoms with Gasteiger partial charge in [0, 0.05) is 16.9 Å². The largest absolute Gasteiger partial charge is 0.352 e. The highest BCUT2D eigenvalue weighted by Crippen LogP contribution is 2.07. The lowest BCUT2D eigenvalue weighted by molar-refractivity contribution is 0.0953. The first-order valence-corrected chi connectivity index (χ1v) is 6.13. The molecule has 2 nitrogen and oxygen atoms in total. The molecule has 0 aromatic heterocycles. The van der Waals surface area contributed by atoms with Gasteiger partial charge in [0.25, 0.3) is 5.91 Å². The van der Waals surface area contributed by atoms with Gasteiger partial charge in [-0.3, -0.25) is 4.79 Å². The Morgan fingerprint density at radius 2 is 2.07 bits per heavy atom. The van der Waals surface area contributed by atoms with Crippen LogP contribution >= 0.6 is 15.9 Å². The standard InChI is InChI=1S/C12H16BrNO/c1-2-11(13)8-9-14-12(15)10-6-4-3-5-7-10/h3-7,11H,2,8-9H2,1H3,(H,14,15). The molecule has 0 heterocycles. The molecule has 0 bridgehead atoms. The summed E-state index contributed by atoms with van der Waals surface area (Å²) in [5.74, 6) is 0.00593. The van der Waals surface area contributed by atoms with E-state index in [-0.39, 0.29) is 5.91 Å². The van der Waals surface area contributed by atoms with Crippen LogP contribution in [0.2, 0.25) is 0 Å². The van der Waals surface area contributed by atoms with E-state index in [2.05, 4.69) is 28.2 Å². The van der Waals surface area contributed by atoms with Crippen molar-refractivity contribution in [3.63, 3.8) is 0 Å². The maximum atomic E-state index is 11.6. The normalized spacial score (nSPS) is 12.1. The lowest BCUT2D eigenvalue weighted by Crippen LogP contribution is -2.25. The maximum absolute atomic E-state index is 11.6. The van der Waals surface area contributed by atoms with Gasteiger partial charge in [0.05, 0.1) is 0 Å². The van der Waals surface area contributed by atoms with Crippen molar-refractivity contribution in [2.24, 2.45) is 0 Å². The molecule has 0 fully saturated rings. The second-order valence-corrected chi connectivity index (χ2v) is 4.71. The Morgan fingerprint density at radius 3 is 2.67 bits per heavy atom. The zero-order chi connectivity index (χ0) is 11.1. The van der Waals surface area contributed by atoms with E-state index in [1.54, 1.807) is 0 Å².